The Balaban J connectivity index is 1.43. The van der Waals surface area contributed by atoms with Gasteiger partial charge in [-0.2, -0.15) is 0 Å². The maximum Gasteiger partial charge on any atom is 0.371 e. The number of hydrazone groups is 1. The maximum atomic E-state index is 13.2. The number of pyridine rings is 1. The van der Waals surface area contributed by atoms with Gasteiger partial charge in [-0.1, -0.05) is 16.7 Å². The largest absolute Gasteiger partial charge is 0.475 e. The van der Waals surface area contributed by atoms with Crippen molar-refractivity contribution in [3.8, 4) is 11.1 Å². The summed E-state index contributed by atoms with van der Waals surface area (Å²) >= 11 is 6.22. The average Bonchev–Trinajstić information content (AvgIpc) is 3.48. The van der Waals surface area contributed by atoms with Crippen LogP contribution < -0.4 is 27.1 Å². The molecule has 36 heavy (non-hydrogen) atoms. The number of aromatic nitrogens is 1. The highest BCUT2D eigenvalue weighted by atomic mass is 35.5. The lowest BCUT2D eigenvalue weighted by atomic mass is 10.0. The summed E-state index contributed by atoms with van der Waals surface area (Å²) in [5, 5.41) is 17.3. The zero-order chi connectivity index (χ0) is 25.4. The first kappa shape index (κ1) is 23.3. The Morgan fingerprint density at radius 2 is 2.03 bits per heavy atom. The molecule has 0 saturated carbocycles. The molecule has 0 spiro atoms. The molecule has 0 bridgehead atoms. The van der Waals surface area contributed by atoms with Gasteiger partial charge in [0.2, 0.25) is 11.7 Å². The van der Waals surface area contributed by atoms with E-state index in [4.69, 9.17) is 27.0 Å². The molecule has 5 rings (SSSR count). The number of amides is 1. The zero-order valence-electron chi connectivity index (χ0n) is 18.8. The number of fused-ring (bicyclic) bond motifs is 2. The number of halogens is 1. The molecule has 0 saturated heterocycles. The number of hydrogen-bond donors (Lipinski definition) is 5. The molecule has 0 unspecified atom stereocenters. The Hall–Kier alpha value is -4.41. The molecular weight excluding hydrogens is 486 g/mol. The number of hydrogen-bond acceptors (Lipinski definition) is 5. The Kier molecular flexibility index (Phi) is 6.05. The van der Waals surface area contributed by atoms with Crippen LogP contribution in [-0.2, 0) is 11.2 Å². The van der Waals surface area contributed by atoms with Gasteiger partial charge in [-0.25, -0.2) is 16.0 Å². The summed E-state index contributed by atoms with van der Waals surface area (Å²) < 4.78 is 6.77. The summed E-state index contributed by atoms with van der Waals surface area (Å²) in [4.78, 5) is 37.4. The molecule has 1 aliphatic rings. The number of nitrogens with zero attached hydrogens (tertiary/aromatic N) is 1. The Labute approximate surface area is 209 Å². The predicted molar refractivity (Wildman–Crippen MR) is 133 cm³/mol. The average molecular weight is 508 g/mol. The number of nitrogens with one attached hydrogen (secondary N) is 2. The number of carboxylic acid groups (broad SMARTS) is 1. The molecule has 2 aromatic heterocycles. The molecule has 0 fully saturated rings. The fourth-order valence-electron chi connectivity index (χ4n) is 4.51. The van der Waals surface area contributed by atoms with Gasteiger partial charge >= 0.3 is 12.3 Å². The van der Waals surface area contributed by atoms with E-state index in [1.54, 1.807) is 42.0 Å². The first-order valence-corrected chi connectivity index (χ1v) is 11.5. The van der Waals surface area contributed by atoms with Crippen LogP contribution in [0.3, 0.4) is 0 Å². The highest BCUT2D eigenvalue weighted by molar-refractivity contribution is 6.31. The lowest BCUT2D eigenvalue weighted by Gasteiger charge is -2.16. The Morgan fingerprint density at radius 1 is 1.19 bits per heavy atom. The summed E-state index contributed by atoms with van der Waals surface area (Å²) in [6.45, 7) is 0. The van der Waals surface area contributed by atoms with Crippen LogP contribution in [0.5, 0.6) is 0 Å². The number of carboxylic acids is 1. The summed E-state index contributed by atoms with van der Waals surface area (Å²) in [5.41, 5.74) is 3.65. The van der Waals surface area contributed by atoms with Crippen molar-refractivity contribution >= 4 is 52.2 Å². The van der Waals surface area contributed by atoms with Crippen molar-refractivity contribution < 1.29 is 29.5 Å². The van der Waals surface area contributed by atoms with Crippen molar-refractivity contribution in [3.63, 3.8) is 0 Å². The van der Waals surface area contributed by atoms with E-state index in [-0.39, 0.29) is 17.2 Å². The number of hydrazine groups is 1. The second kappa shape index (κ2) is 9.33. The van der Waals surface area contributed by atoms with Crippen LogP contribution in [0.4, 0.5) is 11.4 Å². The molecule has 182 valence electrons. The van der Waals surface area contributed by atoms with E-state index in [1.165, 1.54) is 16.7 Å². The molecule has 1 atom stereocenters. The highest BCUT2D eigenvalue weighted by Gasteiger charge is 2.30. The van der Waals surface area contributed by atoms with Gasteiger partial charge in [0, 0.05) is 39.5 Å². The molecular formula is C25H22ClN5O5+2. The van der Waals surface area contributed by atoms with E-state index in [1.807, 2.05) is 12.1 Å². The minimum Gasteiger partial charge on any atom is -0.475 e. The van der Waals surface area contributed by atoms with Crippen LogP contribution in [0, 0.1) is 0 Å². The number of aromatic carboxylic acids is 1. The lowest BCUT2D eigenvalue weighted by Crippen LogP contribution is -2.93. The van der Waals surface area contributed by atoms with E-state index < -0.39 is 12.0 Å². The number of carbonyl (C=O) groups excluding carboxylic acids is 1. The van der Waals surface area contributed by atoms with E-state index >= 15 is 0 Å². The molecule has 7 N–H and O–H groups in total. The van der Waals surface area contributed by atoms with E-state index in [0.717, 1.165) is 16.9 Å². The van der Waals surface area contributed by atoms with E-state index in [0.29, 0.717) is 40.1 Å². The standard InChI is InChI=1S/C25H20ClN5O5/c26-15-1-4-19(28-12-29-27)18(11-15)13-8-17-3-5-20(31(17)23(32)10-13)24(33)30-16-2-6-21-14(7-16)9-22(36-21)25(34)35/h1-2,4,6-12,20H,3,5,27H2,(H,28,29)(H,30,33)(H,34,35)/p+2/t20-/m0/s1. The molecule has 11 heteroatoms. The molecule has 4 aromatic rings. The number of rotatable bonds is 6. The van der Waals surface area contributed by atoms with Crippen LogP contribution in [0.25, 0.3) is 22.1 Å². The topological polar surface area (TPSA) is 158 Å². The summed E-state index contributed by atoms with van der Waals surface area (Å²) in [5.74, 6) is 3.67. The SMILES string of the molecule is N/[NH+]=C\[NH2+]c1ccc(Cl)cc1-c1cc2n(c(=O)c1)[C@H](C(=O)Nc1ccc3oc(C(=O)O)cc3c1)CC2. The summed E-state index contributed by atoms with van der Waals surface area (Å²) in [7, 11) is 0. The second-order valence-corrected chi connectivity index (χ2v) is 8.82. The van der Waals surface area contributed by atoms with Crippen LogP contribution in [0.1, 0.15) is 28.7 Å². The van der Waals surface area contributed by atoms with Gasteiger partial charge in [-0.15, -0.1) is 0 Å². The molecule has 1 amide bonds. The van der Waals surface area contributed by atoms with Crippen molar-refractivity contribution in [1.82, 2.24) is 4.57 Å². The van der Waals surface area contributed by atoms with Gasteiger partial charge in [0.25, 0.3) is 5.56 Å². The number of benzene rings is 2. The Morgan fingerprint density at radius 3 is 2.81 bits per heavy atom. The van der Waals surface area contributed by atoms with E-state index in [9.17, 15) is 14.4 Å². The van der Waals surface area contributed by atoms with Gasteiger partial charge < -0.3 is 19.4 Å². The second-order valence-electron chi connectivity index (χ2n) is 8.39. The molecule has 0 aliphatic carbocycles. The minimum absolute atomic E-state index is 0.182. The van der Waals surface area contributed by atoms with Crippen molar-refractivity contribution in [1.29, 1.82) is 0 Å². The molecule has 2 aromatic carbocycles. The van der Waals surface area contributed by atoms with Crippen LogP contribution in [-0.4, -0.2) is 27.9 Å². The number of quaternary nitrogens is 1. The molecule has 1 aliphatic heterocycles. The smallest absolute Gasteiger partial charge is 0.371 e. The quantitative estimate of drug-likeness (QED) is 0.0858. The first-order chi connectivity index (χ1) is 17.3. The van der Waals surface area contributed by atoms with E-state index in [2.05, 4.69) is 10.4 Å². The van der Waals surface area contributed by atoms with Gasteiger partial charge in [-0.05, 0) is 60.9 Å². The van der Waals surface area contributed by atoms with Gasteiger partial charge in [-0.3, -0.25) is 9.59 Å². The zero-order valence-corrected chi connectivity index (χ0v) is 19.6. The van der Waals surface area contributed by atoms with Gasteiger partial charge in [0.15, 0.2) is 0 Å². The predicted octanol–water partition coefficient (Wildman–Crippen LogP) is 0.917. The minimum atomic E-state index is -1.17. The fourth-order valence-corrected chi connectivity index (χ4v) is 4.68. The maximum absolute atomic E-state index is 13.2. The summed E-state index contributed by atoms with van der Waals surface area (Å²) in [6, 6.07) is 14.4. The van der Waals surface area contributed by atoms with Crippen molar-refractivity contribution in [2.75, 3.05) is 5.32 Å². The van der Waals surface area contributed by atoms with Gasteiger partial charge in [0.1, 0.15) is 17.3 Å². The third-order valence-electron chi connectivity index (χ3n) is 6.12. The summed E-state index contributed by atoms with van der Waals surface area (Å²) in [6.07, 6.45) is 2.61. The fraction of sp³-hybridized carbons (Fsp3) is 0.120. The van der Waals surface area contributed by atoms with Crippen LogP contribution in [0.2, 0.25) is 5.02 Å². The number of anilines is 1. The van der Waals surface area contributed by atoms with Gasteiger partial charge in [0.05, 0.1) is 0 Å². The monoisotopic (exact) mass is 507 g/mol. The number of nitrogens with two attached hydrogens (primary N) is 2. The number of carbonyl (C=O) groups is 2. The third kappa shape index (κ3) is 4.35. The van der Waals surface area contributed by atoms with Crippen molar-refractivity contribution in [2.24, 2.45) is 5.84 Å². The normalized spacial score (nSPS) is 14.9. The number of aryl methyl sites for hydroxylation is 1. The first-order valence-electron chi connectivity index (χ1n) is 11.1. The molecule has 3 heterocycles. The molecule has 10 nitrogen and oxygen atoms in total. The Bertz CT molecular complexity index is 1610. The third-order valence-corrected chi connectivity index (χ3v) is 6.35. The van der Waals surface area contributed by atoms with Crippen molar-refractivity contribution in [2.45, 2.75) is 18.9 Å². The number of furan rings is 1. The van der Waals surface area contributed by atoms with Crippen LogP contribution in [0.15, 0.2) is 63.8 Å². The van der Waals surface area contributed by atoms with Crippen LogP contribution >= 0.6 is 11.6 Å². The molecule has 0 radical (unpaired) electrons. The lowest BCUT2D eigenvalue weighted by molar-refractivity contribution is -0.556. The van der Waals surface area contributed by atoms with Crippen molar-refractivity contribution in [3.05, 3.63) is 81.4 Å². The highest BCUT2D eigenvalue weighted by Crippen LogP contribution is 2.32.